The van der Waals surface area contributed by atoms with E-state index in [1.54, 1.807) is 26.1 Å². The van der Waals surface area contributed by atoms with Gasteiger partial charge in [-0.05, 0) is 74.4 Å². The van der Waals surface area contributed by atoms with Crippen LogP contribution in [0.1, 0.15) is 44.2 Å². The lowest BCUT2D eigenvalue weighted by Gasteiger charge is -2.29. The lowest BCUT2D eigenvalue weighted by molar-refractivity contribution is -0.137. The van der Waals surface area contributed by atoms with Gasteiger partial charge in [0.2, 0.25) is 11.8 Å². The Morgan fingerprint density at radius 1 is 0.949 bits per heavy atom. The Hall–Kier alpha value is -3.88. The van der Waals surface area contributed by atoms with Crippen LogP contribution in [-0.2, 0) is 27.2 Å². The monoisotopic (exact) mass is 536 g/mol. The normalized spacial score (nSPS) is 23.4. The first kappa shape index (κ1) is 28.1. The van der Waals surface area contributed by atoms with Gasteiger partial charge in [0.15, 0.2) is 0 Å². The van der Waals surface area contributed by atoms with E-state index in [0.29, 0.717) is 37.3 Å². The maximum absolute atomic E-state index is 13.5. The molecule has 8 nitrogen and oxygen atoms in total. The van der Waals surface area contributed by atoms with Crippen LogP contribution in [0.25, 0.3) is 0 Å². The molecule has 0 spiro atoms. The van der Waals surface area contributed by atoms with E-state index >= 15 is 0 Å². The molecule has 1 heterocycles. The van der Waals surface area contributed by atoms with Crippen LogP contribution < -0.4 is 20.7 Å². The highest BCUT2D eigenvalue weighted by Gasteiger charge is 2.32. The van der Waals surface area contributed by atoms with E-state index in [-0.39, 0.29) is 30.1 Å². The first-order valence-corrected chi connectivity index (χ1v) is 13.5. The third-order valence-electron chi connectivity index (χ3n) is 7.11. The van der Waals surface area contributed by atoms with Gasteiger partial charge in [-0.3, -0.25) is 14.4 Å². The molecule has 3 atom stereocenters. The Bertz CT molecular complexity index is 1220. The summed E-state index contributed by atoms with van der Waals surface area (Å²) in [6, 6.07) is 11.8. The Kier molecular flexibility index (Phi) is 9.22. The largest absolute Gasteiger partial charge is 0.491 e. The Morgan fingerprint density at radius 3 is 2.38 bits per heavy atom. The van der Waals surface area contributed by atoms with E-state index in [0.717, 1.165) is 29.7 Å². The van der Waals surface area contributed by atoms with Crippen molar-refractivity contribution in [2.75, 3.05) is 20.2 Å². The average Bonchev–Trinajstić information content (AvgIpc) is 3.78. The van der Waals surface area contributed by atoms with Crippen LogP contribution in [0.15, 0.2) is 59.8 Å². The van der Waals surface area contributed by atoms with Crippen molar-refractivity contribution in [1.82, 2.24) is 20.9 Å². The summed E-state index contributed by atoms with van der Waals surface area (Å²) >= 11 is 0. The highest BCUT2D eigenvalue weighted by atomic mass is 19.1. The quantitative estimate of drug-likeness (QED) is 0.513. The van der Waals surface area contributed by atoms with Gasteiger partial charge in [-0.2, -0.15) is 0 Å². The number of nitrogens with one attached hydrogen (secondary N) is 3. The molecule has 2 aromatic rings. The maximum atomic E-state index is 13.5. The molecular formula is C30H37FN4O4. The van der Waals surface area contributed by atoms with Gasteiger partial charge in [0, 0.05) is 20.0 Å². The van der Waals surface area contributed by atoms with Gasteiger partial charge >= 0.3 is 0 Å². The number of rotatable bonds is 2. The summed E-state index contributed by atoms with van der Waals surface area (Å²) in [5, 5.41) is 9.07. The van der Waals surface area contributed by atoms with Crippen LogP contribution in [0.3, 0.4) is 0 Å². The number of amides is 3. The maximum Gasteiger partial charge on any atom is 0.270 e. The standard InChI is InChI=1S/C30H37FN4O4/c1-19-18-39-26-9-5-4-7-22(26)8-6-16-32-29(37)25(17-21-10-14-24(31)15-11-21)34-28(36)20(2)35(3)30(38)27(33-19)23-12-13-23/h4-5,7,9-11,14-15,19-20,25,33H,6,8,12-13,16-18H2,1-3H3,(H,32,37)(H,34,36)/t19?,20-,25-/m1/s1. The molecule has 39 heavy (non-hydrogen) atoms. The number of aryl methyl sites for hydroxylation is 1. The van der Waals surface area contributed by atoms with Gasteiger partial charge in [0.25, 0.3) is 5.91 Å². The first-order valence-electron chi connectivity index (χ1n) is 13.5. The van der Waals surface area contributed by atoms with E-state index in [4.69, 9.17) is 4.74 Å². The average molecular weight is 537 g/mol. The number of benzene rings is 2. The molecule has 3 N–H and O–H groups in total. The predicted molar refractivity (Wildman–Crippen MR) is 146 cm³/mol. The van der Waals surface area contributed by atoms with Crippen LogP contribution >= 0.6 is 0 Å². The number of carbonyl (C=O) groups is 3. The highest BCUT2D eigenvalue weighted by Crippen LogP contribution is 2.31. The van der Waals surface area contributed by atoms with Crippen molar-refractivity contribution in [3.63, 3.8) is 0 Å². The highest BCUT2D eigenvalue weighted by molar-refractivity contribution is 5.98. The minimum atomic E-state index is -0.886. The fourth-order valence-electron chi connectivity index (χ4n) is 4.48. The second-order valence-corrected chi connectivity index (χ2v) is 10.3. The summed E-state index contributed by atoms with van der Waals surface area (Å²) in [4.78, 5) is 41.3. The smallest absolute Gasteiger partial charge is 0.270 e. The Balaban J connectivity index is 1.58. The molecule has 4 rings (SSSR count). The molecule has 3 amide bonds. The molecular weight excluding hydrogens is 499 g/mol. The van der Waals surface area contributed by atoms with Gasteiger partial charge in [0.1, 0.15) is 30.3 Å². The summed E-state index contributed by atoms with van der Waals surface area (Å²) in [5.74, 6) is -0.662. The molecule has 1 saturated carbocycles. The van der Waals surface area contributed by atoms with Gasteiger partial charge in [0.05, 0.1) is 11.7 Å². The van der Waals surface area contributed by atoms with Gasteiger partial charge < -0.3 is 25.6 Å². The number of hydrogen-bond acceptors (Lipinski definition) is 5. The summed E-state index contributed by atoms with van der Waals surface area (Å²) in [7, 11) is 1.59. The van der Waals surface area contributed by atoms with Crippen molar-refractivity contribution in [3.8, 4) is 5.75 Å². The SMILES string of the molecule is CC1COc2ccccc2CCCNC(=O)[C@@H](Cc2ccc(F)cc2)NC(=O)[C@@H](C)N(C)C(=O)C(=C2CC2)N1. The van der Waals surface area contributed by atoms with E-state index in [1.165, 1.54) is 17.0 Å². The number of nitrogens with zero attached hydrogens (tertiary/aromatic N) is 1. The molecule has 0 bridgehead atoms. The number of ether oxygens (including phenoxy) is 1. The number of para-hydroxylation sites is 1. The molecule has 1 aliphatic carbocycles. The molecule has 1 unspecified atom stereocenters. The van der Waals surface area contributed by atoms with Crippen molar-refractivity contribution in [3.05, 3.63) is 76.7 Å². The fraction of sp³-hybridized carbons (Fsp3) is 0.433. The van der Waals surface area contributed by atoms with Crippen molar-refractivity contribution in [1.29, 1.82) is 0 Å². The van der Waals surface area contributed by atoms with E-state index < -0.39 is 18.0 Å². The molecule has 1 fully saturated rings. The zero-order valence-corrected chi connectivity index (χ0v) is 22.8. The fourth-order valence-corrected chi connectivity index (χ4v) is 4.48. The Morgan fingerprint density at radius 2 is 1.67 bits per heavy atom. The summed E-state index contributed by atoms with van der Waals surface area (Å²) in [6.45, 7) is 4.37. The number of carbonyl (C=O) groups excluding carboxylic acids is 3. The van der Waals surface area contributed by atoms with Crippen molar-refractivity contribution < 1.29 is 23.5 Å². The minimum Gasteiger partial charge on any atom is -0.491 e. The van der Waals surface area contributed by atoms with Crippen LogP contribution in [-0.4, -0.2) is 60.9 Å². The number of hydrogen-bond donors (Lipinski definition) is 3. The number of likely N-dealkylation sites (N-methyl/N-ethyl adjacent to an activating group) is 1. The number of fused-ring (bicyclic) bond motifs is 1. The van der Waals surface area contributed by atoms with Crippen molar-refractivity contribution in [2.24, 2.45) is 0 Å². The van der Waals surface area contributed by atoms with Crippen molar-refractivity contribution >= 4 is 17.7 Å². The summed E-state index contributed by atoms with van der Waals surface area (Å²) in [5.41, 5.74) is 3.26. The number of allylic oxidation sites excluding steroid dienone is 1. The predicted octanol–water partition coefficient (Wildman–Crippen LogP) is 2.87. The second kappa shape index (κ2) is 12.8. The molecule has 1 aliphatic heterocycles. The lowest BCUT2D eigenvalue weighted by atomic mass is 10.0. The van der Waals surface area contributed by atoms with E-state index in [1.807, 2.05) is 31.2 Å². The van der Waals surface area contributed by atoms with Crippen LogP contribution in [0, 0.1) is 5.82 Å². The molecule has 0 aromatic heterocycles. The summed E-state index contributed by atoms with van der Waals surface area (Å²) in [6.07, 6.45) is 3.23. The van der Waals surface area contributed by atoms with E-state index in [2.05, 4.69) is 16.0 Å². The lowest BCUT2D eigenvalue weighted by Crippen LogP contribution is -2.54. The zero-order chi connectivity index (χ0) is 27.9. The zero-order valence-electron chi connectivity index (χ0n) is 22.8. The topological polar surface area (TPSA) is 99.8 Å². The van der Waals surface area contributed by atoms with Gasteiger partial charge in [-0.15, -0.1) is 0 Å². The van der Waals surface area contributed by atoms with E-state index in [9.17, 15) is 18.8 Å². The first-order chi connectivity index (χ1) is 18.7. The molecule has 0 saturated heterocycles. The van der Waals surface area contributed by atoms with Crippen LogP contribution in [0.2, 0.25) is 0 Å². The van der Waals surface area contributed by atoms with Crippen molar-refractivity contribution in [2.45, 2.75) is 64.1 Å². The number of halogens is 1. The Labute approximate surface area is 229 Å². The second-order valence-electron chi connectivity index (χ2n) is 10.3. The van der Waals surface area contributed by atoms with Crippen LogP contribution in [0.4, 0.5) is 4.39 Å². The van der Waals surface area contributed by atoms with Gasteiger partial charge in [-0.25, -0.2) is 4.39 Å². The molecule has 208 valence electrons. The molecule has 2 aromatic carbocycles. The minimum absolute atomic E-state index is 0.138. The van der Waals surface area contributed by atoms with Crippen LogP contribution in [0.5, 0.6) is 5.75 Å². The summed E-state index contributed by atoms with van der Waals surface area (Å²) < 4.78 is 19.6. The van der Waals surface area contributed by atoms with Gasteiger partial charge in [-0.1, -0.05) is 30.3 Å². The molecule has 9 heteroatoms. The third kappa shape index (κ3) is 7.59. The molecule has 0 radical (unpaired) electrons. The molecule has 2 aliphatic rings. The third-order valence-corrected chi connectivity index (χ3v) is 7.11.